The number of nitrogens with two attached hydrogens (primary N) is 1. The highest BCUT2D eigenvalue weighted by molar-refractivity contribution is 5.54. The molecule has 0 saturated carbocycles. The van der Waals surface area contributed by atoms with Crippen molar-refractivity contribution in [3.05, 3.63) is 23.8 Å². The van der Waals surface area contributed by atoms with E-state index in [0.29, 0.717) is 31.4 Å². The van der Waals surface area contributed by atoms with Gasteiger partial charge in [-0.3, -0.25) is 0 Å². The molecule has 5 heteroatoms. The average molecular weight is 310 g/mol. The first-order chi connectivity index (χ1) is 10.6. The van der Waals surface area contributed by atoms with Crippen LogP contribution >= 0.6 is 0 Å². The van der Waals surface area contributed by atoms with Crippen LogP contribution < -0.4 is 15.8 Å². The summed E-state index contributed by atoms with van der Waals surface area (Å²) in [6, 6.07) is 6.04. The third kappa shape index (κ3) is 8.22. The molecule has 4 N–H and O–H groups in total. The lowest BCUT2D eigenvalue weighted by Gasteiger charge is -2.12. The molecule has 126 valence electrons. The number of aliphatic hydroxyl groups excluding tert-OH is 1. The predicted molar refractivity (Wildman–Crippen MR) is 90.3 cm³/mol. The van der Waals surface area contributed by atoms with Gasteiger partial charge < -0.3 is 25.6 Å². The van der Waals surface area contributed by atoms with Crippen LogP contribution in [0.4, 0.5) is 5.69 Å². The zero-order valence-electron chi connectivity index (χ0n) is 13.8. The van der Waals surface area contributed by atoms with Crippen molar-refractivity contribution >= 4 is 5.69 Å². The van der Waals surface area contributed by atoms with Crippen LogP contribution in [-0.4, -0.2) is 44.6 Å². The summed E-state index contributed by atoms with van der Waals surface area (Å²) in [5.41, 5.74) is 7.97. The number of benzene rings is 1. The molecule has 1 aromatic carbocycles. The monoisotopic (exact) mass is 310 g/mol. The van der Waals surface area contributed by atoms with Crippen molar-refractivity contribution in [2.45, 2.75) is 26.7 Å². The summed E-state index contributed by atoms with van der Waals surface area (Å²) in [6.45, 7) is 7.79. The quantitative estimate of drug-likeness (QED) is 0.406. The van der Waals surface area contributed by atoms with Crippen molar-refractivity contribution < 1.29 is 14.6 Å². The molecule has 0 aromatic heterocycles. The fraction of sp³-hybridized carbons (Fsp3) is 0.647. The van der Waals surface area contributed by atoms with Gasteiger partial charge in [0.15, 0.2) is 0 Å². The molecule has 0 heterocycles. The molecule has 0 saturated heterocycles. The van der Waals surface area contributed by atoms with Gasteiger partial charge in [-0.05, 0) is 43.0 Å². The fourth-order valence-electron chi connectivity index (χ4n) is 1.99. The van der Waals surface area contributed by atoms with E-state index in [2.05, 4.69) is 25.2 Å². The lowest BCUT2D eigenvalue weighted by atomic mass is 10.1. The second kappa shape index (κ2) is 11.3. The normalized spacial score (nSPS) is 11.1. The van der Waals surface area contributed by atoms with E-state index < -0.39 is 0 Å². The van der Waals surface area contributed by atoms with Gasteiger partial charge in [0.2, 0.25) is 0 Å². The second-order valence-corrected chi connectivity index (χ2v) is 5.77. The van der Waals surface area contributed by atoms with Gasteiger partial charge in [0.05, 0.1) is 32.1 Å². The minimum Gasteiger partial charge on any atom is -0.491 e. The molecule has 0 aliphatic rings. The van der Waals surface area contributed by atoms with E-state index in [1.807, 2.05) is 12.1 Å². The average Bonchev–Trinajstić information content (AvgIpc) is 2.49. The van der Waals surface area contributed by atoms with Crippen molar-refractivity contribution in [3.63, 3.8) is 0 Å². The zero-order valence-corrected chi connectivity index (χ0v) is 13.8. The summed E-state index contributed by atoms with van der Waals surface area (Å²) in [5.74, 6) is 1.27. The van der Waals surface area contributed by atoms with Gasteiger partial charge in [-0.15, -0.1) is 0 Å². The summed E-state index contributed by atoms with van der Waals surface area (Å²) >= 11 is 0. The first-order valence-corrected chi connectivity index (χ1v) is 8.04. The molecule has 0 bridgehead atoms. The van der Waals surface area contributed by atoms with E-state index in [1.165, 1.54) is 5.56 Å². The summed E-state index contributed by atoms with van der Waals surface area (Å²) in [6.07, 6.45) is 2.03. The molecule has 0 aliphatic heterocycles. The van der Waals surface area contributed by atoms with Gasteiger partial charge in [0.25, 0.3) is 0 Å². The van der Waals surface area contributed by atoms with Gasteiger partial charge in [0.1, 0.15) is 5.75 Å². The maximum Gasteiger partial charge on any atom is 0.142 e. The van der Waals surface area contributed by atoms with Crippen molar-refractivity contribution in [2.75, 3.05) is 45.3 Å². The zero-order chi connectivity index (χ0) is 16.2. The number of hydrogen-bond donors (Lipinski definition) is 3. The molecule has 0 amide bonds. The Balaban J connectivity index is 2.19. The molecule has 0 aliphatic carbocycles. The Bertz CT molecular complexity index is 411. The number of hydrogen-bond acceptors (Lipinski definition) is 5. The number of aliphatic hydroxyl groups is 1. The fourth-order valence-corrected chi connectivity index (χ4v) is 1.99. The standard InChI is InChI=1S/C17H30N2O3/c1-14(2)13-22-17-6-5-15(12-16(17)18)4-3-7-19-8-10-21-11-9-20/h5-6,12,14,19-20H,3-4,7-11,13,18H2,1-2H3. The second-order valence-electron chi connectivity index (χ2n) is 5.77. The van der Waals surface area contributed by atoms with Gasteiger partial charge in [-0.25, -0.2) is 0 Å². The Labute approximate surface area is 133 Å². The Morgan fingerprint density at radius 3 is 2.73 bits per heavy atom. The maximum absolute atomic E-state index is 8.57. The first-order valence-electron chi connectivity index (χ1n) is 8.04. The van der Waals surface area contributed by atoms with Crippen LogP contribution in [0.2, 0.25) is 0 Å². The molecule has 0 unspecified atom stereocenters. The molecular formula is C17H30N2O3. The van der Waals surface area contributed by atoms with Crippen molar-refractivity contribution in [1.29, 1.82) is 0 Å². The SMILES string of the molecule is CC(C)COc1ccc(CCCNCCOCCO)cc1N. The number of anilines is 1. The first kappa shape index (κ1) is 18.7. The Hall–Kier alpha value is -1.30. The largest absolute Gasteiger partial charge is 0.491 e. The van der Waals surface area contributed by atoms with Crippen LogP contribution in [0.25, 0.3) is 0 Å². The van der Waals surface area contributed by atoms with Crippen LogP contribution in [0.3, 0.4) is 0 Å². The van der Waals surface area contributed by atoms with Crippen molar-refractivity contribution in [2.24, 2.45) is 5.92 Å². The molecule has 0 atom stereocenters. The van der Waals surface area contributed by atoms with E-state index in [-0.39, 0.29) is 6.61 Å². The number of nitrogens with one attached hydrogen (secondary N) is 1. The van der Waals surface area contributed by atoms with Crippen LogP contribution in [-0.2, 0) is 11.2 Å². The molecule has 5 nitrogen and oxygen atoms in total. The Kier molecular flexibility index (Phi) is 9.62. The summed E-state index contributed by atoms with van der Waals surface area (Å²) < 4.78 is 10.8. The molecule has 0 radical (unpaired) electrons. The van der Waals surface area contributed by atoms with E-state index in [9.17, 15) is 0 Å². The molecule has 0 spiro atoms. The number of aryl methyl sites for hydroxylation is 1. The van der Waals surface area contributed by atoms with E-state index in [1.54, 1.807) is 0 Å². The lowest BCUT2D eigenvalue weighted by Crippen LogP contribution is -2.21. The predicted octanol–water partition coefficient (Wildman–Crippen LogP) is 1.83. The van der Waals surface area contributed by atoms with Gasteiger partial charge in [-0.1, -0.05) is 19.9 Å². The minimum absolute atomic E-state index is 0.0816. The van der Waals surface area contributed by atoms with Crippen LogP contribution in [0.15, 0.2) is 18.2 Å². The van der Waals surface area contributed by atoms with Crippen LogP contribution in [0, 0.1) is 5.92 Å². The van der Waals surface area contributed by atoms with Crippen molar-refractivity contribution in [3.8, 4) is 5.75 Å². The number of nitrogen functional groups attached to an aromatic ring is 1. The highest BCUT2D eigenvalue weighted by Crippen LogP contribution is 2.23. The van der Waals surface area contributed by atoms with E-state index in [4.69, 9.17) is 20.3 Å². The Morgan fingerprint density at radius 1 is 1.23 bits per heavy atom. The third-order valence-electron chi connectivity index (χ3n) is 3.12. The lowest BCUT2D eigenvalue weighted by molar-refractivity contribution is 0.0940. The Morgan fingerprint density at radius 2 is 2.05 bits per heavy atom. The minimum atomic E-state index is 0.0816. The van der Waals surface area contributed by atoms with Gasteiger partial charge >= 0.3 is 0 Å². The smallest absolute Gasteiger partial charge is 0.142 e. The highest BCUT2D eigenvalue weighted by Gasteiger charge is 2.03. The van der Waals surface area contributed by atoms with Crippen LogP contribution in [0.5, 0.6) is 5.75 Å². The summed E-state index contributed by atoms with van der Waals surface area (Å²) in [4.78, 5) is 0. The third-order valence-corrected chi connectivity index (χ3v) is 3.12. The number of rotatable bonds is 12. The topological polar surface area (TPSA) is 76.7 Å². The van der Waals surface area contributed by atoms with Crippen molar-refractivity contribution in [1.82, 2.24) is 5.32 Å². The highest BCUT2D eigenvalue weighted by atomic mass is 16.5. The van der Waals surface area contributed by atoms with E-state index >= 15 is 0 Å². The van der Waals surface area contributed by atoms with Gasteiger partial charge in [-0.2, -0.15) is 0 Å². The maximum atomic E-state index is 8.57. The van der Waals surface area contributed by atoms with Crippen LogP contribution in [0.1, 0.15) is 25.8 Å². The molecule has 1 aromatic rings. The van der Waals surface area contributed by atoms with Gasteiger partial charge in [0, 0.05) is 6.54 Å². The van der Waals surface area contributed by atoms with E-state index in [0.717, 1.165) is 31.7 Å². The molecular weight excluding hydrogens is 280 g/mol. The number of ether oxygens (including phenoxy) is 2. The molecule has 1 rings (SSSR count). The molecule has 0 fully saturated rings. The summed E-state index contributed by atoms with van der Waals surface area (Å²) in [5, 5.41) is 11.9. The summed E-state index contributed by atoms with van der Waals surface area (Å²) in [7, 11) is 0. The molecule has 22 heavy (non-hydrogen) atoms.